The van der Waals surface area contributed by atoms with Crippen LogP contribution in [0.25, 0.3) is 0 Å². The Kier molecular flexibility index (Phi) is 21.4. The molecule has 0 aliphatic carbocycles. The molecule has 0 aliphatic heterocycles. The van der Waals surface area contributed by atoms with Crippen LogP contribution in [0.2, 0.25) is 0 Å². The first-order valence-corrected chi connectivity index (χ1v) is 20.8. The lowest BCUT2D eigenvalue weighted by atomic mass is 9.66. The summed E-state index contributed by atoms with van der Waals surface area (Å²) in [5.41, 5.74) is 2.84. The van der Waals surface area contributed by atoms with Gasteiger partial charge in [-0.1, -0.05) is 223 Å². The molecule has 0 saturated heterocycles. The molecule has 2 nitrogen and oxygen atoms in total. The van der Waals surface area contributed by atoms with E-state index >= 15 is 0 Å². The molecule has 268 valence electrons. The minimum atomic E-state index is -0.0270. The largest absolute Gasteiger partial charge is 0.335 e. The Hall–Kier alpha value is -2.35. The first-order valence-electron chi connectivity index (χ1n) is 20.8. The molecule has 2 atom stereocenters. The minimum Gasteiger partial charge on any atom is -0.335 e. The number of nitrogens with zero attached hydrogens (tertiary/aromatic N) is 2. The Morgan fingerprint density at radius 3 is 1.48 bits per heavy atom. The topological polar surface area (TPSA) is 17.8 Å². The molecule has 2 aromatic carbocycles. The van der Waals surface area contributed by atoms with Crippen molar-refractivity contribution in [2.45, 2.75) is 199 Å². The van der Waals surface area contributed by atoms with Gasteiger partial charge in [-0.2, -0.15) is 0 Å². The van der Waals surface area contributed by atoms with Gasteiger partial charge in [0.05, 0.1) is 0 Å². The van der Waals surface area contributed by atoms with Crippen molar-refractivity contribution >= 4 is 0 Å². The van der Waals surface area contributed by atoms with Crippen LogP contribution in [-0.4, -0.2) is 9.55 Å². The SMILES string of the molecule is CCCCCCCCCCCCCCn1ccnc1C(CCCCCCCCCCCCC)C(C)(Cc1ccccc1)c1ccccc1. The molecule has 2 heteroatoms. The average molecular weight is 655 g/mol. The molecule has 1 aromatic heterocycles. The molecule has 0 aliphatic rings. The van der Waals surface area contributed by atoms with Crippen molar-refractivity contribution in [1.29, 1.82) is 0 Å². The Morgan fingerprint density at radius 1 is 0.542 bits per heavy atom. The third kappa shape index (κ3) is 15.5. The number of aryl methyl sites for hydroxylation is 1. The molecule has 3 rings (SSSR count). The molecule has 1 heterocycles. The van der Waals surface area contributed by atoms with Crippen LogP contribution in [0.15, 0.2) is 73.1 Å². The zero-order valence-corrected chi connectivity index (χ0v) is 31.8. The van der Waals surface area contributed by atoms with E-state index in [0.29, 0.717) is 5.92 Å². The number of rotatable bonds is 30. The van der Waals surface area contributed by atoms with E-state index in [0.717, 1.165) is 13.0 Å². The zero-order valence-electron chi connectivity index (χ0n) is 31.8. The van der Waals surface area contributed by atoms with Gasteiger partial charge in [-0.25, -0.2) is 4.98 Å². The number of benzene rings is 2. The molecule has 0 saturated carbocycles. The summed E-state index contributed by atoms with van der Waals surface area (Å²) < 4.78 is 2.53. The lowest BCUT2D eigenvalue weighted by Crippen LogP contribution is -2.35. The van der Waals surface area contributed by atoms with E-state index < -0.39 is 0 Å². The van der Waals surface area contributed by atoms with Gasteiger partial charge in [0.1, 0.15) is 5.82 Å². The summed E-state index contributed by atoms with van der Waals surface area (Å²) in [6, 6.07) is 22.6. The van der Waals surface area contributed by atoms with Crippen LogP contribution in [0.3, 0.4) is 0 Å². The molecule has 0 fully saturated rings. The summed E-state index contributed by atoms with van der Waals surface area (Å²) >= 11 is 0. The highest BCUT2D eigenvalue weighted by Gasteiger charge is 2.39. The maximum absolute atomic E-state index is 5.16. The van der Waals surface area contributed by atoms with Gasteiger partial charge in [-0.15, -0.1) is 0 Å². The van der Waals surface area contributed by atoms with E-state index in [1.807, 2.05) is 0 Å². The molecule has 0 radical (unpaired) electrons. The second-order valence-electron chi connectivity index (χ2n) is 15.2. The molecule has 3 aromatic rings. The molecular formula is C46H74N2. The van der Waals surface area contributed by atoms with Crippen LogP contribution < -0.4 is 0 Å². The molecular weight excluding hydrogens is 581 g/mol. The summed E-state index contributed by atoms with van der Waals surface area (Å²) in [5, 5.41) is 0. The van der Waals surface area contributed by atoms with E-state index in [2.05, 4.69) is 98.4 Å². The first kappa shape index (κ1) is 40.1. The summed E-state index contributed by atoms with van der Waals surface area (Å²) in [6.07, 6.45) is 38.6. The van der Waals surface area contributed by atoms with Gasteiger partial charge in [-0.05, 0) is 30.4 Å². The highest BCUT2D eigenvalue weighted by molar-refractivity contribution is 5.33. The molecule has 48 heavy (non-hydrogen) atoms. The van der Waals surface area contributed by atoms with Crippen molar-refractivity contribution in [1.82, 2.24) is 9.55 Å². The molecule has 0 bridgehead atoms. The van der Waals surface area contributed by atoms with E-state index in [1.165, 1.54) is 171 Å². The van der Waals surface area contributed by atoms with Gasteiger partial charge in [-0.3, -0.25) is 0 Å². The Balaban J connectivity index is 1.59. The normalized spacial score (nSPS) is 13.5. The molecule has 2 unspecified atom stereocenters. The van der Waals surface area contributed by atoms with Gasteiger partial charge in [0, 0.05) is 30.3 Å². The van der Waals surface area contributed by atoms with Crippen LogP contribution in [0.1, 0.15) is 198 Å². The van der Waals surface area contributed by atoms with Crippen molar-refractivity contribution in [3.8, 4) is 0 Å². The maximum atomic E-state index is 5.16. The second kappa shape index (κ2) is 25.6. The molecule has 0 N–H and O–H groups in total. The van der Waals surface area contributed by atoms with Crippen molar-refractivity contribution in [2.75, 3.05) is 0 Å². The smallest absolute Gasteiger partial charge is 0.112 e. The van der Waals surface area contributed by atoms with E-state index in [4.69, 9.17) is 4.98 Å². The summed E-state index contributed by atoms with van der Waals surface area (Å²) in [6.45, 7) is 8.24. The number of unbranched alkanes of at least 4 members (excludes halogenated alkanes) is 21. The fourth-order valence-corrected chi connectivity index (χ4v) is 7.95. The number of hydrogen-bond acceptors (Lipinski definition) is 1. The fourth-order valence-electron chi connectivity index (χ4n) is 7.95. The van der Waals surface area contributed by atoms with Crippen molar-refractivity contribution in [2.24, 2.45) is 0 Å². The monoisotopic (exact) mass is 655 g/mol. The third-order valence-corrected chi connectivity index (χ3v) is 11.0. The highest BCUT2D eigenvalue weighted by atomic mass is 15.1. The summed E-state index contributed by atoms with van der Waals surface area (Å²) in [7, 11) is 0. The van der Waals surface area contributed by atoms with Crippen LogP contribution in [0, 0.1) is 0 Å². The van der Waals surface area contributed by atoms with Crippen molar-refractivity contribution in [3.05, 3.63) is 90.0 Å². The molecule has 0 spiro atoms. The second-order valence-corrected chi connectivity index (χ2v) is 15.2. The number of aromatic nitrogens is 2. The highest BCUT2D eigenvalue weighted by Crippen LogP contribution is 2.44. The van der Waals surface area contributed by atoms with Crippen molar-refractivity contribution in [3.63, 3.8) is 0 Å². The van der Waals surface area contributed by atoms with Crippen LogP contribution in [0.5, 0.6) is 0 Å². The number of hydrogen-bond donors (Lipinski definition) is 0. The van der Waals surface area contributed by atoms with Crippen LogP contribution in [-0.2, 0) is 18.4 Å². The lowest BCUT2D eigenvalue weighted by Gasteiger charge is -2.39. The predicted octanol–water partition coefficient (Wildman–Crippen LogP) is 14.6. The number of imidazole rings is 1. The first-order chi connectivity index (χ1) is 23.7. The van der Waals surface area contributed by atoms with Gasteiger partial charge in [0.15, 0.2) is 0 Å². The van der Waals surface area contributed by atoms with Crippen molar-refractivity contribution < 1.29 is 0 Å². The minimum absolute atomic E-state index is 0.0270. The van der Waals surface area contributed by atoms with Gasteiger partial charge in [0.2, 0.25) is 0 Å². The predicted molar refractivity (Wildman–Crippen MR) is 211 cm³/mol. The van der Waals surface area contributed by atoms with E-state index in [-0.39, 0.29) is 5.41 Å². The summed E-state index contributed by atoms with van der Waals surface area (Å²) in [4.78, 5) is 5.16. The maximum Gasteiger partial charge on any atom is 0.112 e. The van der Waals surface area contributed by atoms with E-state index in [1.54, 1.807) is 0 Å². The Bertz CT molecular complexity index is 1140. The Labute approximate surface area is 297 Å². The third-order valence-electron chi connectivity index (χ3n) is 11.0. The average Bonchev–Trinajstić information content (AvgIpc) is 3.58. The zero-order chi connectivity index (χ0) is 34.0. The molecule has 0 amide bonds. The lowest BCUT2D eigenvalue weighted by molar-refractivity contribution is 0.321. The Morgan fingerprint density at radius 2 is 0.979 bits per heavy atom. The van der Waals surface area contributed by atoms with Gasteiger partial charge in [0.25, 0.3) is 0 Å². The van der Waals surface area contributed by atoms with Crippen LogP contribution >= 0.6 is 0 Å². The standard InChI is InChI=1S/C46H74N2/c1-4-6-8-10-12-14-16-18-20-22-24-32-39-48-40-38-47-45(48)44(37-31-23-21-19-17-15-13-11-9-7-5-2)46(3,43-35-29-26-30-36-43)41-42-33-27-25-28-34-42/h25-30,33-36,38,40,44H,4-24,31-32,37,39,41H2,1-3H3. The van der Waals surface area contributed by atoms with Gasteiger partial charge < -0.3 is 4.57 Å². The summed E-state index contributed by atoms with van der Waals surface area (Å²) in [5.74, 6) is 1.69. The van der Waals surface area contributed by atoms with Crippen LogP contribution in [0.4, 0.5) is 0 Å². The fraction of sp³-hybridized carbons (Fsp3) is 0.674. The quantitative estimate of drug-likeness (QED) is 0.0654. The van der Waals surface area contributed by atoms with Gasteiger partial charge >= 0.3 is 0 Å². The van der Waals surface area contributed by atoms with E-state index in [9.17, 15) is 0 Å².